The summed E-state index contributed by atoms with van der Waals surface area (Å²) in [6.07, 6.45) is 0.768. The first-order valence-corrected chi connectivity index (χ1v) is 5.95. The van der Waals surface area contributed by atoms with Crippen LogP contribution >= 0.6 is 11.6 Å². The predicted octanol–water partition coefficient (Wildman–Crippen LogP) is 3.09. The van der Waals surface area contributed by atoms with E-state index in [-0.39, 0.29) is 11.3 Å². The van der Waals surface area contributed by atoms with Gasteiger partial charge in [-0.05, 0) is 12.5 Å². The number of carbonyl (C=O) groups is 1. The summed E-state index contributed by atoms with van der Waals surface area (Å²) in [5.74, 6) is -0.511. The van der Waals surface area contributed by atoms with E-state index < -0.39 is 17.9 Å². The number of carbonyl (C=O) groups excluding carboxylic acids is 1. The number of nitrogens with one attached hydrogen (secondary N) is 1. The summed E-state index contributed by atoms with van der Waals surface area (Å²) in [5, 5.41) is 1.55. The highest BCUT2D eigenvalue weighted by atomic mass is 35.5. The topological polar surface area (TPSA) is 38.3 Å². The fraction of sp³-hybridized carbons (Fsp3) is 0.417. The first-order valence-electron chi connectivity index (χ1n) is 5.51. The Bertz CT molecular complexity index is 401. The Morgan fingerprint density at radius 2 is 2.11 bits per heavy atom. The van der Waals surface area contributed by atoms with Crippen LogP contribution in [0, 0.1) is 0 Å². The highest BCUT2D eigenvalue weighted by Gasteiger charge is 2.22. The molecule has 0 aliphatic rings. The Balaban J connectivity index is 2.84. The third-order valence-electron chi connectivity index (χ3n) is 2.19. The number of para-hydroxylation sites is 1. The van der Waals surface area contributed by atoms with Crippen molar-refractivity contribution in [2.45, 2.75) is 25.3 Å². The fourth-order valence-corrected chi connectivity index (χ4v) is 1.63. The molecule has 1 atom stereocenters. The standard InChI is InChI=1S/C12H14ClF2NO2/c1-2-7-16-11(17)10(13)8-5-3-4-6-9(8)18-12(14)15/h3-6,10,12H,2,7H2,1H3,(H,16,17). The number of alkyl halides is 3. The first-order chi connectivity index (χ1) is 8.56. The summed E-state index contributed by atoms with van der Waals surface area (Å²) in [6.45, 7) is -0.564. The number of hydrogen-bond acceptors (Lipinski definition) is 2. The zero-order valence-electron chi connectivity index (χ0n) is 9.83. The van der Waals surface area contributed by atoms with Crippen molar-refractivity contribution in [3.8, 4) is 5.75 Å². The van der Waals surface area contributed by atoms with Gasteiger partial charge in [-0.3, -0.25) is 4.79 Å². The lowest BCUT2D eigenvalue weighted by Gasteiger charge is -2.14. The summed E-state index contributed by atoms with van der Waals surface area (Å²) < 4.78 is 28.7. The van der Waals surface area contributed by atoms with Crippen LogP contribution in [0.1, 0.15) is 24.3 Å². The number of hydrogen-bond donors (Lipinski definition) is 1. The van der Waals surface area contributed by atoms with Crippen molar-refractivity contribution in [1.82, 2.24) is 5.32 Å². The maximum absolute atomic E-state index is 12.2. The van der Waals surface area contributed by atoms with Crippen LogP contribution in [0.25, 0.3) is 0 Å². The Morgan fingerprint density at radius 1 is 1.44 bits per heavy atom. The number of amides is 1. The normalized spacial score (nSPS) is 12.3. The van der Waals surface area contributed by atoms with Crippen LogP contribution in [0.15, 0.2) is 24.3 Å². The Hall–Kier alpha value is -1.36. The van der Waals surface area contributed by atoms with E-state index in [2.05, 4.69) is 10.1 Å². The highest BCUT2D eigenvalue weighted by Crippen LogP contribution is 2.30. The first kappa shape index (κ1) is 14.7. The van der Waals surface area contributed by atoms with Crippen LogP contribution in [0.2, 0.25) is 0 Å². The molecule has 100 valence electrons. The molecule has 6 heteroatoms. The number of benzene rings is 1. The van der Waals surface area contributed by atoms with E-state index in [1.165, 1.54) is 18.2 Å². The van der Waals surface area contributed by atoms with Gasteiger partial charge in [-0.2, -0.15) is 8.78 Å². The molecule has 0 saturated carbocycles. The SMILES string of the molecule is CCCNC(=O)C(Cl)c1ccccc1OC(F)F. The van der Waals surface area contributed by atoms with Crippen molar-refractivity contribution in [2.24, 2.45) is 0 Å². The van der Waals surface area contributed by atoms with Crippen LogP contribution in [-0.4, -0.2) is 19.1 Å². The van der Waals surface area contributed by atoms with Gasteiger partial charge in [0.15, 0.2) is 0 Å². The molecule has 1 aromatic carbocycles. The van der Waals surface area contributed by atoms with E-state index in [1.54, 1.807) is 6.07 Å². The Kier molecular flexibility index (Phi) is 5.85. The highest BCUT2D eigenvalue weighted by molar-refractivity contribution is 6.31. The molecule has 1 amide bonds. The maximum atomic E-state index is 12.2. The van der Waals surface area contributed by atoms with Gasteiger partial charge in [-0.25, -0.2) is 0 Å². The number of ether oxygens (including phenoxy) is 1. The van der Waals surface area contributed by atoms with Crippen molar-refractivity contribution in [1.29, 1.82) is 0 Å². The van der Waals surface area contributed by atoms with Gasteiger partial charge in [0.2, 0.25) is 5.91 Å². The smallest absolute Gasteiger partial charge is 0.387 e. The van der Waals surface area contributed by atoms with E-state index in [0.717, 1.165) is 6.42 Å². The third-order valence-corrected chi connectivity index (χ3v) is 2.62. The molecule has 0 saturated heterocycles. The summed E-state index contributed by atoms with van der Waals surface area (Å²) in [7, 11) is 0. The minimum Gasteiger partial charge on any atom is -0.434 e. The lowest BCUT2D eigenvalue weighted by atomic mass is 10.1. The molecule has 1 aromatic rings. The van der Waals surface area contributed by atoms with Crippen molar-refractivity contribution in [3.63, 3.8) is 0 Å². The Morgan fingerprint density at radius 3 is 2.72 bits per heavy atom. The molecule has 0 fully saturated rings. The van der Waals surface area contributed by atoms with E-state index in [1.807, 2.05) is 6.92 Å². The zero-order valence-corrected chi connectivity index (χ0v) is 10.6. The van der Waals surface area contributed by atoms with Gasteiger partial charge in [-0.15, -0.1) is 11.6 Å². The van der Waals surface area contributed by atoms with Gasteiger partial charge in [0.1, 0.15) is 11.1 Å². The maximum Gasteiger partial charge on any atom is 0.387 e. The van der Waals surface area contributed by atoms with Crippen molar-refractivity contribution >= 4 is 17.5 Å². The van der Waals surface area contributed by atoms with Crippen molar-refractivity contribution < 1.29 is 18.3 Å². The predicted molar refractivity (Wildman–Crippen MR) is 65.0 cm³/mol. The number of rotatable bonds is 6. The van der Waals surface area contributed by atoms with Gasteiger partial charge in [0.25, 0.3) is 0 Å². The minimum atomic E-state index is -2.95. The Labute approximate surface area is 109 Å². The molecule has 0 heterocycles. The van der Waals surface area contributed by atoms with Crippen LogP contribution in [0.5, 0.6) is 5.75 Å². The fourth-order valence-electron chi connectivity index (χ4n) is 1.37. The number of halogens is 3. The van der Waals surface area contributed by atoms with Crippen molar-refractivity contribution in [2.75, 3.05) is 6.54 Å². The van der Waals surface area contributed by atoms with E-state index in [4.69, 9.17) is 11.6 Å². The lowest BCUT2D eigenvalue weighted by Crippen LogP contribution is -2.27. The molecule has 1 rings (SSSR count). The van der Waals surface area contributed by atoms with Crippen LogP contribution in [0.3, 0.4) is 0 Å². The second-order valence-corrected chi connectivity index (χ2v) is 4.01. The summed E-state index contributed by atoms with van der Waals surface area (Å²) in [6, 6.07) is 5.98. The van der Waals surface area contributed by atoms with Gasteiger partial charge in [0.05, 0.1) is 0 Å². The van der Waals surface area contributed by atoms with Crippen LogP contribution in [-0.2, 0) is 4.79 Å². The zero-order chi connectivity index (χ0) is 13.5. The molecule has 18 heavy (non-hydrogen) atoms. The molecular formula is C12H14ClF2NO2. The van der Waals surface area contributed by atoms with Crippen LogP contribution < -0.4 is 10.1 Å². The molecule has 3 nitrogen and oxygen atoms in total. The minimum absolute atomic E-state index is 0.0841. The summed E-state index contributed by atoms with van der Waals surface area (Å²) in [5.41, 5.74) is 0.230. The second-order valence-electron chi connectivity index (χ2n) is 3.57. The molecule has 1 unspecified atom stereocenters. The lowest BCUT2D eigenvalue weighted by molar-refractivity contribution is -0.121. The van der Waals surface area contributed by atoms with Gasteiger partial charge in [0, 0.05) is 12.1 Å². The molecule has 1 N–H and O–H groups in total. The monoisotopic (exact) mass is 277 g/mol. The molecule has 0 aliphatic carbocycles. The van der Waals surface area contributed by atoms with Gasteiger partial charge < -0.3 is 10.1 Å². The molecular weight excluding hydrogens is 264 g/mol. The average Bonchev–Trinajstić information content (AvgIpc) is 2.35. The third kappa shape index (κ3) is 4.14. The average molecular weight is 278 g/mol. The largest absolute Gasteiger partial charge is 0.434 e. The van der Waals surface area contributed by atoms with Crippen molar-refractivity contribution in [3.05, 3.63) is 29.8 Å². The van der Waals surface area contributed by atoms with E-state index in [0.29, 0.717) is 6.54 Å². The quantitative estimate of drug-likeness (QED) is 0.812. The molecule has 0 spiro atoms. The van der Waals surface area contributed by atoms with Gasteiger partial charge in [-0.1, -0.05) is 25.1 Å². The summed E-state index contributed by atoms with van der Waals surface area (Å²) >= 11 is 5.94. The molecule has 0 aliphatic heterocycles. The van der Waals surface area contributed by atoms with Gasteiger partial charge >= 0.3 is 6.61 Å². The molecule has 0 aromatic heterocycles. The van der Waals surface area contributed by atoms with E-state index in [9.17, 15) is 13.6 Å². The second kappa shape index (κ2) is 7.16. The molecule has 0 bridgehead atoms. The molecule has 0 radical (unpaired) electrons. The summed E-state index contributed by atoms with van der Waals surface area (Å²) in [4.78, 5) is 11.7. The van der Waals surface area contributed by atoms with E-state index >= 15 is 0 Å². The van der Waals surface area contributed by atoms with Crippen LogP contribution in [0.4, 0.5) is 8.78 Å².